The normalized spacial score (nSPS) is 14.0. The van der Waals surface area contributed by atoms with Crippen molar-refractivity contribution in [3.05, 3.63) is 82.6 Å². The Morgan fingerprint density at radius 1 is 1.06 bits per heavy atom. The molecule has 2 N–H and O–H groups in total. The van der Waals surface area contributed by atoms with Crippen molar-refractivity contribution < 1.29 is 23.1 Å². The Balaban J connectivity index is 1.57. The molecule has 0 saturated carbocycles. The molecule has 2 aromatic carbocycles. The van der Waals surface area contributed by atoms with Gasteiger partial charge in [-0.3, -0.25) is 9.59 Å². The minimum absolute atomic E-state index is 0.195. The molecule has 0 radical (unpaired) electrons. The van der Waals surface area contributed by atoms with Gasteiger partial charge >= 0.3 is 0 Å². The van der Waals surface area contributed by atoms with Crippen LogP contribution in [0.3, 0.4) is 0 Å². The van der Waals surface area contributed by atoms with Crippen LogP contribution in [0.2, 0.25) is 0 Å². The number of aryl methyl sites for hydroxylation is 1. The van der Waals surface area contributed by atoms with Crippen LogP contribution in [0.4, 0.5) is 10.1 Å². The van der Waals surface area contributed by atoms with Gasteiger partial charge in [-0.25, -0.2) is 9.82 Å². The number of rotatable bonds is 5. The van der Waals surface area contributed by atoms with E-state index in [2.05, 4.69) is 15.8 Å². The summed E-state index contributed by atoms with van der Waals surface area (Å²) in [5.74, 6) is 0.142. The largest absolute Gasteiger partial charge is 0.495 e. The van der Waals surface area contributed by atoms with E-state index < -0.39 is 17.6 Å². The highest BCUT2D eigenvalue weighted by molar-refractivity contribution is 6.10. The summed E-state index contributed by atoms with van der Waals surface area (Å²) < 4.78 is 24.2. The Labute approximate surface area is 184 Å². The fourth-order valence-electron chi connectivity index (χ4n) is 3.71. The zero-order chi connectivity index (χ0) is 22.7. The highest BCUT2D eigenvalue weighted by Crippen LogP contribution is 2.31. The molecule has 7 nitrogen and oxygen atoms in total. The van der Waals surface area contributed by atoms with Gasteiger partial charge in [0, 0.05) is 23.1 Å². The molecular formula is C24H22FN3O4. The van der Waals surface area contributed by atoms with Crippen LogP contribution in [0.1, 0.15) is 50.6 Å². The predicted octanol–water partition coefficient (Wildman–Crippen LogP) is 4.46. The maximum atomic E-state index is 13.1. The van der Waals surface area contributed by atoms with Crippen LogP contribution in [0, 0.1) is 12.7 Å². The van der Waals surface area contributed by atoms with Crippen LogP contribution < -0.4 is 15.5 Å². The van der Waals surface area contributed by atoms with E-state index in [0.29, 0.717) is 46.9 Å². The van der Waals surface area contributed by atoms with Gasteiger partial charge in [0.15, 0.2) is 5.76 Å². The van der Waals surface area contributed by atoms with Gasteiger partial charge < -0.3 is 14.5 Å². The van der Waals surface area contributed by atoms with Crippen LogP contribution in [0.25, 0.3) is 0 Å². The molecule has 1 heterocycles. The Hall–Kier alpha value is -3.94. The molecule has 164 valence electrons. The maximum absolute atomic E-state index is 13.1. The third-order valence-electron chi connectivity index (χ3n) is 5.29. The number of ether oxygens (including phenoxy) is 1. The number of nitrogens with zero attached hydrogens (tertiary/aromatic N) is 1. The number of benzene rings is 2. The molecule has 0 fully saturated rings. The molecule has 0 spiro atoms. The first kappa shape index (κ1) is 21.3. The van der Waals surface area contributed by atoms with Crippen LogP contribution in [-0.2, 0) is 6.42 Å². The van der Waals surface area contributed by atoms with Gasteiger partial charge in [-0.15, -0.1) is 0 Å². The number of fused-ring (bicyclic) bond motifs is 1. The molecule has 1 aliphatic rings. The second-order valence-electron chi connectivity index (χ2n) is 7.37. The third kappa shape index (κ3) is 4.25. The second-order valence-corrected chi connectivity index (χ2v) is 7.37. The number of nitrogens with one attached hydrogen (secondary N) is 2. The number of methoxy groups -OCH3 is 1. The van der Waals surface area contributed by atoms with Crippen molar-refractivity contribution in [2.75, 3.05) is 12.4 Å². The topological polar surface area (TPSA) is 92.9 Å². The van der Waals surface area contributed by atoms with Crippen molar-refractivity contribution in [1.82, 2.24) is 5.43 Å². The molecule has 4 rings (SSSR count). The molecule has 2 amide bonds. The van der Waals surface area contributed by atoms with Gasteiger partial charge in [0.25, 0.3) is 11.8 Å². The highest BCUT2D eigenvalue weighted by atomic mass is 19.1. The van der Waals surface area contributed by atoms with Crippen molar-refractivity contribution in [2.24, 2.45) is 5.10 Å². The SMILES string of the molecule is COc1ccccc1NC(=O)c1oc2c(c1C)/C(=N/NC(=O)c1ccc(F)cc1)CCC2. The summed E-state index contributed by atoms with van der Waals surface area (Å²) >= 11 is 0. The molecule has 3 aromatic rings. The summed E-state index contributed by atoms with van der Waals surface area (Å²) in [5.41, 5.74) is 5.38. The Morgan fingerprint density at radius 3 is 2.56 bits per heavy atom. The Bertz CT molecular complexity index is 1200. The summed E-state index contributed by atoms with van der Waals surface area (Å²) in [6.07, 6.45) is 2.08. The first-order valence-corrected chi connectivity index (χ1v) is 10.2. The second kappa shape index (κ2) is 9.05. The molecule has 8 heteroatoms. The summed E-state index contributed by atoms with van der Waals surface area (Å²) in [5, 5.41) is 7.10. The summed E-state index contributed by atoms with van der Waals surface area (Å²) in [7, 11) is 1.53. The number of furan rings is 1. The van der Waals surface area contributed by atoms with Crippen molar-refractivity contribution in [3.63, 3.8) is 0 Å². The van der Waals surface area contributed by atoms with Crippen LogP contribution in [-0.4, -0.2) is 24.6 Å². The van der Waals surface area contributed by atoms with Gasteiger partial charge in [-0.05, 0) is 56.2 Å². The lowest BCUT2D eigenvalue weighted by Crippen LogP contribution is -2.22. The van der Waals surface area contributed by atoms with Crippen LogP contribution in [0.5, 0.6) is 5.75 Å². The van der Waals surface area contributed by atoms with Gasteiger partial charge in [-0.2, -0.15) is 5.10 Å². The lowest BCUT2D eigenvalue weighted by molar-refractivity contribution is 0.0953. The number of hydrogen-bond donors (Lipinski definition) is 2. The van der Waals surface area contributed by atoms with Crippen molar-refractivity contribution in [3.8, 4) is 5.75 Å². The fraction of sp³-hybridized carbons (Fsp3) is 0.208. The van der Waals surface area contributed by atoms with Crippen LogP contribution >= 0.6 is 0 Å². The highest BCUT2D eigenvalue weighted by Gasteiger charge is 2.28. The van der Waals surface area contributed by atoms with E-state index in [-0.39, 0.29) is 5.76 Å². The zero-order valence-electron chi connectivity index (χ0n) is 17.7. The van der Waals surface area contributed by atoms with E-state index in [4.69, 9.17) is 9.15 Å². The summed E-state index contributed by atoms with van der Waals surface area (Å²) in [6, 6.07) is 12.3. The molecular weight excluding hydrogens is 413 g/mol. The Morgan fingerprint density at radius 2 is 1.81 bits per heavy atom. The van der Waals surface area contributed by atoms with Crippen molar-refractivity contribution in [2.45, 2.75) is 26.2 Å². The predicted molar refractivity (Wildman–Crippen MR) is 118 cm³/mol. The Kier molecular flexibility index (Phi) is 6.02. The standard InChI is InChI=1S/C24H22FN3O4/c1-14-21-18(27-28-23(29)15-10-12-16(25)13-11-15)7-5-9-20(21)32-22(14)24(30)26-17-6-3-4-8-19(17)31-2/h3-4,6,8,10-13H,5,7,9H2,1-2H3,(H,26,30)(H,28,29)/b27-18+. The van der Waals surface area contributed by atoms with Gasteiger partial charge in [0.1, 0.15) is 17.3 Å². The van der Waals surface area contributed by atoms with Crippen molar-refractivity contribution in [1.29, 1.82) is 0 Å². The number of anilines is 1. The van der Waals surface area contributed by atoms with Crippen molar-refractivity contribution >= 4 is 23.2 Å². The molecule has 1 aromatic heterocycles. The van der Waals surface area contributed by atoms with E-state index in [0.717, 1.165) is 12.0 Å². The monoisotopic (exact) mass is 435 g/mol. The quantitative estimate of drug-likeness (QED) is 0.579. The minimum atomic E-state index is -0.445. The zero-order valence-corrected chi connectivity index (χ0v) is 17.7. The maximum Gasteiger partial charge on any atom is 0.291 e. The number of hydrogen-bond acceptors (Lipinski definition) is 5. The average molecular weight is 435 g/mol. The summed E-state index contributed by atoms with van der Waals surface area (Å²) in [4.78, 5) is 25.2. The average Bonchev–Trinajstić information content (AvgIpc) is 3.15. The van der Waals surface area contributed by atoms with E-state index in [1.807, 2.05) is 6.07 Å². The lowest BCUT2D eigenvalue weighted by atomic mass is 9.93. The molecule has 0 bridgehead atoms. The number of hydrazone groups is 1. The molecule has 0 aliphatic heterocycles. The molecule has 0 saturated heterocycles. The molecule has 32 heavy (non-hydrogen) atoms. The number of para-hydroxylation sites is 2. The number of carbonyl (C=O) groups excluding carboxylic acids is 2. The lowest BCUT2D eigenvalue weighted by Gasteiger charge is -2.13. The van der Waals surface area contributed by atoms with Gasteiger partial charge in [-0.1, -0.05) is 12.1 Å². The number of carbonyl (C=O) groups is 2. The van der Waals surface area contributed by atoms with E-state index in [1.54, 1.807) is 25.1 Å². The fourth-order valence-corrected chi connectivity index (χ4v) is 3.71. The first-order chi connectivity index (χ1) is 15.5. The first-order valence-electron chi connectivity index (χ1n) is 10.2. The van der Waals surface area contributed by atoms with E-state index in [1.165, 1.54) is 31.4 Å². The molecule has 0 atom stereocenters. The van der Waals surface area contributed by atoms with Gasteiger partial charge in [0.2, 0.25) is 0 Å². The minimum Gasteiger partial charge on any atom is -0.495 e. The van der Waals surface area contributed by atoms with E-state index >= 15 is 0 Å². The third-order valence-corrected chi connectivity index (χ3v) is 5.29. The smallest absolute Gasteiger partial charge is 0.291 e. The van der Waals surface area contributed by atoms with Gasteiger partial charge in [0.05, 0.1) is 18.5 Å². The molecule has 1 aliphatic carbocycles. The number of amides is 2. The molecule has 0 unspecified atom stereocenters. The van der Waals surface area contributed by atoms with E-state index in [9.17, 15) is 14.0 Å². The number of halogens is 1. The van der Waals surface area contributed by atoms with Crippen LogP contribution in [0.15, 0.2) is 58.0 Å². The summed E-state index contributed by atoms with van der Waals surface area (Å²) in [6.45, 7) is 1.79.